The van der Waals surface area contributed by atoms with Crippen LogP contribution in [0.5, 0.6) is 5.75 Å². The first-order valence-corrected chi connectivity index (χ1v) is 12.6. The van der Waals surface area contributed by atoms with Crippen LogP contribution in [0.15, 0.2) is 46.4 Å². The Morgan fingerprint density at radius 3 is 2.52 bits per heavy atom. The lowest BCUT2D eigenvalue weighted by Crippen LogP contribution is -2.32. The molecule has 5 rings (SSSR count). The highest BCUT2D eigenvalue weighted by Crippen LogP contribution is 2.36. The van der Waals surface area contributed by atoms with Crippen molar-refractivity contribution in [2.24, 2.45) is 5.92 Å². The van der Waals surface area contributed by atoms with Gasteiger partial charge in [-0.3, -0.25) is 9.59 Å². The van der Waals surface area contributed by atoms with Gasteiger partial charge in [-0.15, -0.1) is 0 Å². The Morgan fingerprint density at radius 1 is 1.07 bits per heavy atom. The Morgan fingerprint density at radius 2 is 1.83 bits per heavy atom. The molecule has 1 aromatic carbocycles. The van der Waals surface area contributed by atoms with Crippen molar-refractivity contribution in [3.8, 4) is 17.1 Å². The van der Waals surface area contributed by atoms with Crippen molar-refractivity contribution in [1.82, 2.24) is 24.7 Å². The fourth-order valence-electron chi connectivity index (χ4n) is 5.08. The molecule has 9 nitrogen and oxygen atoms in total. The molecule has 1 aliphatic carbocycles. The number of halogens is 7. The number of nitrogens with zero attached hydrogens (tertiary/aromatic N) is 4. The number of alkyl halides is 6. The highest BCUT2D eigenvalue weighted by atomic mass is 19.4. The molecular weight excluding hydrogens is 577 g/mol. The number of aromatic nitrogens is 5. The number of rotatable bonds is 5. The van der Waals surface area contributed by atoms with E-state index < -0.39 is 58.1 Å². The Kier molecular flexibility index (Phi) is 7.41. The topological polar surface area (TPSA) is 129 Å². The molecule has 3 heterocycles. The van der Waals surface area contributed by atoms with Crippen molar-refractivity contribution in [2.45, 2.75) is 50.7 Å². The van der Waals surface area contributed by atoms with Crippen molar-refractivity contribution in [2.75, 3.05) is 5.73 Å². The summed E-state index contributed by atoms with van der Waals surface area (Å²) in [7, 11) is 0. The number of hydrogen-bond donors (Lipinski definition) is 2. The standard InChI is InChI=1S/C26H21F7N6O3/c27-18-8-15-13(7-16(18)22-35-9-17(21(34)37-22)25(28,29)30)4-5-39(24(15)41)11-12-2-1-3-14(6-12)42-19-10-36-38-23(40)20(19)26(31,32)33/h4-5,7-10,12,14H,1-3,6,11H2,(H,38,40)(H2,34,35,37)/t12-,14+/m1/s1. The van der Waals surface area contributed by atoms with Gasteiger partial charge in [-0.1, -0.05) is 0 Å². The fraction of sp³-hybridized carbons (Fsp3) is 0.346. The second-order valence-corrected chi connectivity index (χ2v) is 9.89. The number of pyridine rings is 1. The number of nitrogens with two attached hydrogens (primary N) is 1. The molecule has 0 aliphatic heterocycles. The van der Waals surface area contributed by atoms with E-state index in [1.807, 2.05) is 0 Å². The number of fused-ring (bicyclic) bond motifs is 1. The van der Waals surface area contributed by atoms with Gasteiger partial charge in [0, 0.05) is 18.9 Å². The molecule has 42 heavy (non-hydrogen) atoms. The van der Waals surface area contributed by atoms with Crippen molar-refractivity contribution >= 4 is 16.6 Å². The molecule has 0 unspecified atom stereocenters. The van der Waals surface area contributed by atoms with Gasteiger partial charge in [-0.2, -0.15) is 31.4 Å². The molecule has 0 bridgehead atoms. The van der Waals surface area contributed by atoms with Gasteiger partial charge in [0.15, 0.2) is 17.1 Å². The third-order valence-corrected chi connectivity index (χ3v) is 7.02. The predicted molar refractivity (Wildman–Crippen MR) is 135 cm³/mol. The number of ether oxygens (including phenoxy) is 1. The van der Waals surface area contributed by atoms with Gasteiger partial charge in [-0.25, -0.2) is 19.5 Å². The molecule has 3 N–H and O–H groups in total. The Hall–Kier alpha value is -4.50. The van der Waals surface area contributed by atoms with Gasteiger partial charge in [0.05, 0.1) is 23.3 Å². The van der Waals surface area contributed by atoms with Gasteiger partial charge in [-0.05, 0) is 55.2 Å². The molecule has 16 heteroatoms. The van der Waals surface area contributed by atoms with Crippen molar-refractivity contribution in [1.29, 1.82) is 0 Å². The number of nitrogens with one attached hydrogen (secondary N) is 1. The summed E-state index contributed by atoms with van der Waals surface area (Å²) in [4.78, 5) is 32.1. The van der Waals surface area contributed by atoms with E-state index in [9.17, 15) is 35.9 Å². The van der Waals surface area contributed by atoms with E-state index in [0.717, 1.165) is 12.3 Å². The zero-order valence-electron chi connectivity index (χ0n) is 21.4. The number of nitrogen functional groups attached to an aromatic ring is 1. The maximum Gasteiger partial charge on any atom is 0.425 e. The van der Waals surface area contributed by atoms with E-state index >= 15 is 4.39 Å². The lowest BCUT2D eigenvalue weighted by molar-refractivity contribution is -0.141. The molecule has 2 atom stereocenters. The average molecular weight is 598 g/mol. The van der Waals surface area contributed by atoms with E-state index in [0.29, 0.717) is 25.5 Å². The summed E-state index contributed by atoms with van der Waals surface area (Å²) < 4.78 is 101. The fourth-order valence-corrected chi connectivity index (χ4v) is 5.08. The van der Waals surface area contributed by atoms with Crippen LogP contribution in [0.1, 0.15) is 36.8 Å². The van der Waals surface area contributed by atoms with Crippen LogP contribution in [0.4, 0.5) is 36.6 Å². The highest BCUT2D eigenvalue weighted by molar-refractivity contribution is 5.86. The molecule has 1 fully saturated rings. The second kappa shape index (κ2) is 10.7. The number of aromatic amines is 1. The smallest absolute Gasteiger partial charge is 0.425 e. The Labute approximate surface area is 231 Å². The molecule has 1 saturated carbocycles. The Bertz CT molecular complexity index is 1770. The van der Waals surface area contributed by atoms with Crippen LogP contribution in [-0.4, -0.2) is 30.8 Å². The minimum atomic E-state index is -4.95. The van der Waals surface area contributed by atoms with E-state index in [-0.39, 0.29) is 41.0 Å². The van der Waals surface area contributed by atoms with Gasteiger partial charge in [0.1, 0.15) is 17.2 Å². The molecule has 0 saturated heterocycles. The minimum absolute atomic E-state index is 0.00773. The van der Waals surface area contributed by atoms with Crippen LogP contribution in [0.25, 0.3) is 22.2 Å². The molecule has 3 aromatic heterocycles. The second-order valence-electron chi connectivity index (χ2n) is 9.89. The zero-order chi connectivity index (χ0) is 30.4. The first-order chi connectivity index (χ1) is 19.7. The van der Waals surface area contributed by atoms with Crippen LogP contribution in [0.3, 0.4) is 0 Å². The summed E-state index contributed by atoms with van der Waals surface area (Å²) in [5, 5.41) is 5.42. The quantitative estimate of drug-likeness (QED) is 0.312. The maximum absolute atomic E-state index is 15.0. The van der Waals surface area contributed by atoms with Gasteiger partial charge < -0.3 is 15.0 Å². The van der Waals surface area contributed by atoms with Crippen LogP contribution in [0, 0.1) is 11.7 Å². The summed E-state index contributed by atoms with van der Waals surface area (Å²) in [6, 6.07) is 3.68. The largest absolute Gasteiger partial charge is 0.488 e. The molecule has 0 spiro atoms. The van der Waals surface area contributed by atoms with E-state index in [1.165, 1.54) is 22.9 Å². The first kappa shape index (κ1) is 29.0. The summed E-state index contributed by atoms with van der Waals surface area (Å²) in [6.07, 6.45) is -5.74. The number of benzene rings is 1. The highest BCUT2D eigenvalue weighted by Gasteiger charge is 2.39. The summed E-state index contributed by atoms with van der Waals surface area (Å²) in [6.45, 7) is 0.163. The van der Waals surface area contributed by atoms with Gasteiger partial charge in [0.25, 0.3) is 11.1 Å². The van der Waals surface area contributed by atoms with E-state index in [4.69, 9.17) is 10.5 Å². The minimum Gasteiger partial charge on any atom is -0.488 e. The maximum atomic E-state index is 15.0. The SMILES string of the molecule is Nc1nc(-c2cc3ccn(C[C@@H]4CCC[C@H](Oc5cn[nH]c(=O)c5C(F)(F)F)C4)c(=O)c3cc2F)ncc1C(F)(F)F. The molecule has 4 aromatic rings. The Balaban J connectivity index is 1.37. The van der Waals surface area contributed by atoms with Crippen LogP contribution < -0.4 is 21.6 Å². The van der Waals surface area contributed by atoms with Crippen LogP contribution >= 0.6 is 0 Å². The first-order valence-electron chi connectivity index (χ1n) is 12.6. The van der Waals surface area contributed by atoms with Crippen molar-refractivity contribution in [3.05, 3.63) is 74.4 Å². The normalized spacial score (nSPS) is 17.9. The number of H-pyrrole nitrogens is 1. The summed E-state index contributed by atoms with van der Waals surface area (Å²) >= 11 is 0. The average Bonchev–Trinajstić information content (AvgIpc) is 2.89. The predicted octanol–water partition coefficient (Wildman–Crippen LogP) is 4.94. The third kappa shape index (κ3) is 5.78. The van der Waals surface area contributed by atoms with Crippen LogP contribution in [0.2, 0.25) is 0 Å². The molecular formula is C26H21F7N6O3. The molecule has 0 radical (unpaired) electrons. The van der Waals surface area contributed by atoms with Gasteiger partial charge >= 0.3 is 12.4 Å². The van der Waals surface area contributed by atoms with E-state index in [2.05, 4.69) is 15.1 Å². The number of anilines is 1. The lowest BCUT2D eigenvalue weighted by Gasteiger charge is -2.30. The third-order valence-electron chi connectivity index (χ3n) is 7.02. The monoisotopic (exact) mass is 598 g/mol. The lowest BCUT2D eigenvalue weighted by atomic mass is 9.87. The summed E-state index contributed by atoms with van der Waals surface area (Å²) in [5.74, 6) is -3.07. The van der Waals surface area contributed by atoms with Crippen molar-refractivity contribution < 1.29 is 35.5 Å². The van der Waals surface area contributed by atoms with Crippen LogP contribution in [-0.2, 0) is 18.9 Å². The molecule has 1 aliphatic rings. The van der Waals surface area contributed by atoms with Crippen molar-refractivity contribution in [3.63, 3.8) is 0 Å². The molecule has 0 amide bonds. The summed E-state index contributed by atoms with van der Waals surface area (Å²) in [5.41, 5.74) is 0.446. The van der Waals surface area contributed by atoms with E-state index in [1.54, 1.807) is 5.10 Å². The number of hydrogen-bond acceptors (Lipinski definition) is 7. The van der Waals surface area contributed by atoms with Gasteiger partial charge in [0.2, 0.25) is 0 Å². The molecule has 222 valence electrons. The zero-order valence-corrected chi connectivity index (χ0v) is 21.4.